The van der Waals surface area contributed by atoms with Crippen LogP contribution >= 0.6 is 0 Å². The standard InChI is InChI=1S/C71H52N4O/c1-70(2,3)52-41-42-72-68(44-52)75-64-34-16-14-30-60(64)61-40-38-55(46-67(61)75)76-54-28-19-27-53(45-54)73-47-74(66-36-18-17-35-65(66)73)69-56(48-21-7-4-8-22-48)31-20-32-57(69)49-37-39-59-58-29-13-15-33-62(58)71(63(59)43-49,50-23-9-5-10-24-50)51-25-11-6-12-26-51/h4-46H,1-3H3/q+2/i4D,7D,8D,21D,22D. The van der Waals surface area contributed by atoms with Gasteiger partial charge in [0.05, 0.1) is 40.5 Å². The number of hydrogen-bond acceptors (Lipinski definition) is 2. The fraction of sp³-hybridized carbons (Fsp3) is 0.0704. The molecule has 76 heavy (non-hydrogen) atoms. The van der Waals surface area contributed by atoms with E-state index in [1.54, 1.807) is 0 Å². The zero-order valence-corrected chi connectivity index (χ0v) is 42.1. The first kappa shape index (κ1) is 39.8. The number of fused-ring (bicyclic) bond motifs is 7. The minimum Gasteiger partial charge on any atom is -0.457 e. The Morgan fingerprint density at radius 1 is 0.500 bits per heavy atom. The quantitative estimate of drug-likeness (QED) is 0.135. The van der Waals surface area contributed by atoms with Crippen LogP contribution in [0.3, 0.4) is 0 Å². The zero-order valence-electron chi connectivity index (χ0n) is 47.1. The van der Waals surface area contributed by atoms with Gasteiger partial charge in [0.15, 0.2) is 0 Å². The lowest BCUT2D eigenvalue weighted by Gasteiger charge is -2.34. The Balaban J connectivity index is 0.960. The molecule has 1 aliphatic heterocycles. The molecule has 12 aromatic rings. The lowest BCUT2D eigenvalue weighted by Crippen LogP contribution is -2.28. The SMILES string of the molecule is [2H]c1c([2H])c([2H])c(-c2cccc(-c3ccc4c(c3)C(c3ccccc3)(c3ccccc3)c3ccccc3-4)c2[N+]2=C=[N+](c3cccc(Oc4ccc5c6ccccc6n(-c6cc(C(C)(C)C)ccn6)c5c4)c3)c3ccccc32)c([2H])c1[2H]. The van der Waals surface area contributed by atoms with Crippen molar-refractivity contribution in [2.75, 3.05) is 0 Å². The summed E-state index contributed by atoms with van der Waals surface area (Å²) in [6.45, 7) is 6.63. The van der Waals surface area contributed by atoms with Crippen LogP contribution in [0.1, 0.15) is 55.4 Å². The fourth-order valence-corrected chi connectivity index (χ4v) is 11.7. The summed E-state index contributed by atoms with van der Waals surface area (Å²) in [6, 6.07) is 79.2. The molecule has 3 heterocycles. The highest BCUT2D eigenvalue weighted by Crippen LogP contribution is 2.57. The van der Waals surface area contributed by atoms with Crippen LogP contribution in [0.2, 0.25) is 0 Å². The van der Waals surface area contributed by atoms with E-state index in [1.165, 1.54) is 11.1 Å². The highest BCUT2D eigenvalue weighted by molar-refractivity contribution is 6.09. The lowest BCUT2D eigenvalue weighted by atomic mass is 9.67. The zero-order chi connectivity index (χ0) is 55.3. The van der Waals surface area contributed by atoms with Gasteiger partial charge in [-0.1, -0.05) is 191 Å². The second kappa shape index (κ2) is 17.8. The Morgan fingerprint density at radius 2 is 1.13 bits per heavy atom. The lowest BCUT2D eigenvalue weighted by molar-refractivity contribution is 0.483. The largest absolute Gasteiger partial charge is 0.503 e. The molecule has 2 aromatic heterocycles. The van der Waals surface area contributed by atoms with Crippen LogP contribution in [0, 0.1) is 0 Å². The smallest absolute Gasteiger partial charge is 0.457 e. The van der Waals surface area contributed by atoms with Gasteiger partial charge < -0.3 is 4.74 Å². The van der Waals surface area contributed by atoms with Gasteiger partial charge in [0, 0.05) is 41.2 Å². The molecule has 0 unspecified atom stereocenters. The summed E-state index contributed by atoms with van der Waals surface area (Å²) in [5.41, 5.74) is 14.5. The number of para-hydroxylation sites is 4. The van der Waals surface area contributed by atoms with Crippen LogP contribution < -0.4 is 13.9 Å². The molecule has 14 rings (SSSR count). The third-order valence-corrected chi connectivity index (χ3v) is 15.2. The molecule has 5 heteroatoms. The minimum absolute atomic E-state index is 0.0668. The van der Waals surface area contributed by atoms with E-state index in [0.717, 1.165) is 83.6 Å². The number of ether oxygens (including phenoxy) is 1. The Hall–Kier alpha value is -9.67. The first-order valence-electron chi connectivity index (χ1n) is 28.2. The summed E-state index contributed by atoms with van der Waals surface area (Å²) in [5, 5.41) is 2.21. The number of rotatable bonds is 9. The maximum atomic E-state index is 9.39. The van der Waals surface area contributed by atoms with Crippen LogP contribution in [0.4, 0.5) is 22.7 Å². The number of aromatic nitrogens is 2. The molecule has 0 fully saturated rings. The highest BCUT2D eigenvalue weighted by Gasteiger charge is 2.47. The maximum Gasteiger partial charge on any atom is 0.503 e. The van der Waals surface area contributed by atoms with E-state index in [0.29, 0.717) is 22.7 Å². The number of benzene rings is 10. The third-order valence-electron chi connectivity index (χ3n) is 15.2. The van der Waals surface area contributed by atoms with E-state index < -0.39 is 23.5 Å². The summed E-state index contributed by atoms with van der Waals surface area (Å²) in [4.78, 5) is 4.89. The molecule has 0 N–H and O–H groups in total. The van der Waals surface area contributed by atoms with Crippen molar-refractivity contribution in [1.82, 2.24) is 18.7 Å². The molecule has 0 amide bonds. The maximum absolute atomic E-state index is 9.39. The molecular formula is C71H52N4O+2. The Kier molecular flexibility index (Phi) is 9.31. The third kappa shape index (κ3) is 7.20. The monoisotopic (exact) mass is 981 g/mol. The summed E-state index contributed by atoms with van der Waals surface area (Å²) >= 11 is 0. The number of nitrogens with zero attached hydrogens (tertiary/aromatic N) is 4. The minimum atomic E-state index is -0.684. The van der Waals surface area contributed by atoms with E-state index >= 15 is 0 Å². The van der Waals surface area contributed by atoms with Gasteiger partial charge in [-0.15, -0.1) is 0 Å². The summed E-state index contributed by atoms with van der Waals surface area (Å²) in [5.74, 6) is 2.10. The molecule has 5 nitrogen and oxygen atoms in total. The van der Waals surface area contributed by atoms with Gasteiger partial charge in [-0.3, -0.25) is 4.57 Å². The van der Waals surface area contributed by atoms with Crippen molar-refractivity contribution < 1.29 is 11.6 Å². The first-order valence-corrected chi connectivity index (χ1v) is 25.7. The molecule has 10 aromatic carbocycles. The molecule has 360 valence electrons. The van der Waals surface area contributed by atoms with Gasteiger partial charge >= 0.3 is 6.01 Å². The van der Waals surface area contributed by atoms with Gasteiger partial charge in [-0.2, -0.15) is 0 Å². The summed E-state index contributed by atoms with van der Waals surface area (Å²) < 4.78 is 58.1. The van der Waals surface area contributed by atoms with Crippen LogP contribution in [-0.4, -0.2) is 15.6 Å². The molecule has 0 atom stereocenters. The normalized spacial score (nSPS) is 14.2. The van der Waals surface area contributed by atoms with Gasteiger partial charge in [-0.05, 0) is 119 Å². The van der Waals surface area contributed by atoms with Crippen molar-refractivity contribution in [3.05, 3.63) is 289 Å². The van der Waals surface area contributed by atoms with E-state index in [-0.39, 0.29) is 23.1 Å². The predicted octanol–water partition coefficient (Wildman–Crippen LogP) is 17.8. The molecule has 0 saturated heterocycles. The molecule has 0 spiro atoms. The number of pyridine rings is 1. The Bertz CT molecular complexity index is 4580. The van der Waals surface area contributed by atoms with Crippen molar-refractivity contribution in [3.8, 4) is 50.7 Å². The Morgan fingerprint density at radius 3 is 1.91 bits per heavy atom. The van der Waals surface area contributed by atoms with Crippen LogP contribution in [0.5, 0.6) is 11.5 Å². The second-order valence-electron chi connectivity index (χ2n) is 20.5. The molecule has 1 aliphatic carbocycles. The molecular weight excluding hydrogens is 925 g/mol. The van der Waals surface area contributed by atoms with Crippen LogP contribution in [0.15, 0.2) is 261 Å². The Labute approximate surface area is 449 Å². The van der Waals surface area contributed by atoms with Crippen LogP contribution in [-0.2, 0) is 10.8 Å². The van der Waals surface area contributed by atoms with Crippen molar-refractivity contribution in [3.63, 3.8) is 0 Å². The van der Waals surface area contributed by atoms with Crippen molar-refractivity contribution in [2.24, 2.45) is 0 Å². The summed E-state index contributed by atoms with van der Waals surface area (Å²) in [6.07, 6.45) is 1.89. The highest BCUT2D eigenvalue weighted by atomic mass is 16.5. The van der Waals surface area contributed by atoms with E-state index in [1.807, 2.05) is 82.1 Å². The molecule has 0 saturated carbocycles. The number of hydrogen-bond donors (Lipinski definition) is 0. The van der Waals surface area contributed by atoms with E-state index in [4.69, 9.17) is 13.8 Å². The van der Waals surface area contributed by atoms with Gasteiger partial charge in [-0.25, -0.2) is 4.98 Å². The topological polar surface area (TPSA) is 33.1 Å². The predicted molar refractivity (Wildman–Crippen MR) is 313 cm³/mol. The van der Waals surface area contributed by atoms with Crippen molar-refractivity contribution >= 4 is 50.6 Å². The molecule has 0 radical (unpaired) electrons. The molecule has 0 bridgehead atoms. The van der Waals surface area contributed by atoms with Gasteiger partial charge in [0.1, 0.15) is 17.3 Å². The van der Waals surface area contributed by atoms with E-state index in [9.17, 15) is 2.74 Å². The summed E-state index contributed by atoms with van der Waals surface area (Å²) in [7, 11) is 0. The van der Waals surface area contributed by atoms with Gasteiger partial charge in [0.2, 0.25) is 11.4 Å². The molecule has 2 aliphatic rings. The van der Waals surface area contributed by atoms with Crippen molar-refractivity contribution in [1.29, 1.82) is 0 Å². The van der Waals surface area contributed by atoms with Crippen molar-refractivity contribution in [2.45, 2.75) is 31.6 Å². The van der Waals surface area contributed by atoms with E-state index in [2.05, 4.69) is 189 Å². The first-order chi connectivity index (χ1) is 39.4. The average molecular weight is 982 g/mol. The second-order valence-corrected chi connectivity index (χ2v) is 20.5. The fourth-order valence-electron chi connectivity index (χ4n) is 11.7. The van der Waals surface area contributed by atoms with Gasteiger partial charge in [0.25, 0.3) is 11.4 Å². The average Bonchev–Trinajstić information content (AvgIpc) is 4.34. The van der Waals surface area contributed by atoms with Crippen LogP contribution in [0.25, 0.3) is 61.0 Å².